The summed E-state index contributed by atoms with van der Waals surface area (Å²) < 4.78 is 6.47. The quantitative estimate of drug-likeness (QED) is 0.698. The van der Waals surface area contributed by atoms with E-state index in [9.17, 15) is 0 Å². The Labute approximate surface area is 131 Å². The van der Waals surface area contributed by atoms with E-state index in [1.807, 2.05) is 13.1 Å². The maximum atomic E-state index is 5.45. The predicted octanol–water partition coefficient (Wildman–Crippen LogP) is 3.20. The van der Waals surface area contributed by atoms with E-state index in [2.05, 4.69) is 58.0 Å². The first kappa shape index (κ1) is 17.4. The van der Waals surface area contributed by atoms with E-state index >= 15 is 0 Å². The molecule has 0 radical (unpaired) electrons. The molecule has 4 nitrogen and oxygen atoms in total. The Hall–Kier alpha value is -0.650. The number of aromatic nitrogens is 1. The summed E-state index contributed by atoms with van der Waals surface area (Å²) in [6, 6.07) is 2.60. The summed E-state index contributed by atoms with van der Waals surface area (Å²) in [4.78, 5) is 6.85. The first-order valence-electron chi connectivity index (χ1n) is 7.28. The predicted molar refractivity (Wildman–Crippen MR) is 88.3 cm³/mol. The molecule has 5 heteroatoms. The van der Waals surface area contributed by atoms with Gasteiger partial charge in [-0.25, -0.2) is 4.98 Å². The summed E-state index contributed by atoms with van der Waals surface area (Å²) in [5.41, 5.74) is 1.21. The van der Waals surface area contributed by atoms with Crippen molar-refractivity contribution in [1.29, 1.82) is 0 Å². The molecule has 1 rings (SSSR count). The molecule has 20 heavy (non-hydrogen) atoms. The molecular formula is C15H26BrN3O. The third-order valence-electron chi connectivity index (χ3n) is 3.00. The van der Waals surface area contributed by atoms with Crippen molar-refractivity contribution in [3.63, 3.8) is 0 Å². The smallest absolute Gasteiger partial charge is 0.133 e. The van der Waals surface area contributed by atoms with Crippen LogP contribution in [0, 0.1) is 0 Å². The number of likely N-dealkylation sites (N-methyl/N-ethyl adjacent to an activating group) is 1. The van der Waals surface area contributed by atoms with E-state index in [1.54, 1.807) is 0 Å². The first-order chi connectivity index (χ1) is 9.58. The van der Waals surface area contributed by atoms with Crippen molar-refractivity contribution in [3.8, 4) is 0 Å². The van der Waals surface area contributed by atoms with E-state index in [4.69, 9.17) is 4.74 Å². The van der Waals surface area contributed by atoms with E-state index in [0.717, 1.165) is 43.1 Å². The summed E-state index contributed by atoms with van der Waals surface area (Å²) in [6.45, 7) is 12.6. The van der Waals surface area contributed by atoms with Gasteiger partial charge in [0, 0.05) is 48.5 Å². The summed E-state index contributed by atoms with van der Waals surface area (Å²) in [6.07, 6.45) is 1.86. The number of hydrogen-bond acceptors (Lipinski definition) is 4. The van der Waals surface area contributed by atoms with Crippen molar-refractivity contribution in [1.82, 2.24) is 10.3 Å². The van der Waals surface area contributed by atoms with Crippen LogP contribution in [0.1, 0.15) is 33.3 Å². The van der Waals surface area contributed by atoms with Crippen LogP contribution in [0.5, 0.6) is 0 Å². The maximum absolute atomic E-state index is 5.45. The average molecular weight is 344 g/mol. The molecule has 0 atom stereocenters. The highest BCUT2D eigenvalue weighted by molar-refractivity contribution is 9.10. The molecule has 0 amide bonds. The molecule has 1 N–H and O–H groups in total. The Morgan fingerprint density at radius 1 is 1.40 bits per heavy atom. The van der Waals surface area contributed by atoms with Gasteiger partial charge < -0.3 is 15.0 Å². The van der Waals surface area contributed by atoms with Crippen molar-refractivity contribution < 1.29 is 4.74 Å². The minimum Gasteiger partial charge on any atom is -0.380 e. The Morgan fingerprint density at radius 2 is 2.15 bits per heavy atom. The van der Waals surface area contributed by atoms with Gasteiger partial charge >= 0.3 is 0 Å². The monoisotopic (exact) mass is 343 g/mol. The maximum Gasteiger partial charge on any atom is 0.133 e. The lowest BCUT2D eigenvalue weighted by atomic mass is 10.2. The molecule has 114 valence electrons. The molecule has 0 saturated carbocycles. The molecule has 0 fully saturated rings. The summed E-state index contributed by atoms with van der Waals surface area (Å²) in [5.74, 6) is 1.04. The fourth-order valence-corrected chi connectivity index (χ4v) is 2.31. The van der Waals surface area contributed by atoms with Gasteiger partial charge in [-0.15, -0.1) is 0 Å². The standard InChI is InChI=1S/C15H26BrN3O/c1-5-19(7-8-20-6-2)15-13(10-17-12(3)4)9-14(16)11-18-15/h9,11-12,17H,5-8,10H2,1-4H3. The molecule has 0 aliphatic carbocycles. The second kappa shape index (κ2) is 9.32. The van der Waals surface area contributed by atoms with Crippen LogP contribution in [0.3, 0.4) is 0 Å². The molecule has 0 bridgehead atoms. The fourth-order valence-electron chi connectivity index (χ4n) is 1.94. The number of anilines is 1. The number of pyridine rings is 1. The van der Waals surface area contributed by atoms with Crippen molar-refractivity contribution in [2.45, 2.75) is 40.3 Å². The average Bonchev–Trinajstić information content (AvgIpc) is 2.42. The SMILES string of the molecule is CCOCCN(CC)c1ncc(Br)cc1CNC(C)C. The van der Waals surface area contributed by atoms with E-state index in [0.29, 0.717) is 6.04 Å². The molecule has 1 aromatic rings. The van der Waals surface area contributed by atoms with E-state index < -0.39 is 0 Å². The van der Waals surface area contributed by atoms with Gasteiger partial charge in [0.1, 0.15) is 5.82 Å². The molecule has 0 aliphatic rings. The first-order valence-corrected chi connectivity index (χ1v) is 8.08. The molecular weight excluding hydrogens is 318 g/mol. The van der Waals surface area contributed by atoms with E-state index in [1.165, 1.54) is 5.56 Å². The molecule has 0 aliphatic heterocycles. The second-order valence-corrected chi connectivity index (χ2v) is 5.86. The molecule has 0 unspecified atom stereocenters. The zero-order valence-electron chi connectivity index (χ0n) is 12.9. The van der Waals surface area contributed by atoms with Crippen molar-refractivity contribution in [2.24, 2.45) is 0 Å². The lowest BCUT2D eigenvalue weighted by Gasteiger charge is -2.25. The van der Waals surface area contributed by atoms with Gasteiger partial charge in [0.15, 0.2) is 0 Å². The van der Waals surface area contributed by atoms with Crippen LogP contribution in [-0.4, -0.2) is 37.3 Å². The Morgan fingerprint density at radius 3 is 2.75 bits per heavy atom. The van der Waals surface area contributed by atoms with Crippen molar-refractivity contribution in [2.75, 3.05) is 31.2 Å². The van der Waals surface area contributed by atoms with Gasteiger partial charge in [-0.2, -0.15) is 0 Å². The molecule has 0 aromatic carbocycles. The number of halogens is 1. The molecule has 0 spiro atoms. The van der Waals surface area contributed by atoms with Crippen LogP contribution >= 0.6 is 15.9 Å². The molecule has 0 saturated heterocycles. The lowest BCUT2D eigenvalue weighted by molar-refractivity contribution is 0.154. The van der Waals surface area contributed by atoms with Gasteiger partial charge in [0.2, 0.25) is 0 Å². The number of ether oxygens (including phenoxy) is 1. The third-order valence-corrected chi connectivity index (χ3v) is 3.43. The van der Waals surface area contributed by atoms with Crippen molar-refractivity contribution >= 4 is 21.7 Å². The van der Waals surface area contributed by atoms with Crippen LogP contribution in [0.2, 0.25) is 0 Å². The highest BCUT2D eigenvalue weighted by Gasteiger charge is 2.12. The Balaban J connectivity index is 2.83. The van der Waals surface area contributed by atoms with Gasteiger partial charge in [-0.3, -0.25) is 0 Å². The Kier molecular flexibility index (Phi) is 8.11. The van der Waals surface area contributed by atoms with Crippen LogP contribution in [0.25, 0.3) is 0 Å². The normalized spacial score (nSPS) is 11.1. The van der Waals surface area contributed by atoms with Crippen LogP contribution in [0.4, 0.5) is 5.82 Å². The Bertz CT molecular complexity index is 399. The zero-order chi connectivity index (χ0) is 15.0. The summed E-state index contributed by atoms with van der Waals surface area (Å²) in [7, 11) is 0. The molecule has 1 aromatic heterocycles. The van der Waals surface area contributed by atoms with E-state index in [-0.39, 0.29) is 0 Å². The number of nitrogens with zero attached hydrogens (tertiary/aromatic N) is 2. The lowest BCUT2D eigenvalue weighted by Crippen LogP contribution is -2.30. The van der Waals surface area contributed by atoms with Gasteiger partial charge in [-0.05, 0) is 35.8 Å². The molecule has 1 heterocycles. The summed E-state index contributed by atoms with van der Waals surface area (Å²) >= 11 is 3.50. The van der Waals surface area contributed by atoms with Crippen LogP contribution in [0.15, 0.2) is 16.7 Å². The minimum absolute atomic E-state index is 0.459. The van der Waals surface area contributed by atoms with Crippen LogP contribution in [-0.2, 0) is 11.3 Å². The van der Waals surface area contributed by atoms with Crippen LogP contribution < -0.4 is 10.2 Å². The summed E-state index contributed by atoms with van der Waals surface area (Å²) in [5, 5.41) is 3.46. The largest absolute Gasteiger partial charge is 0.380 e. The van der Waals surface area contributed by atoms with Gasteiger partial charge in [-0.1, -0.05) is 13.8 Å². The van der Waals surface area contributed by atoms with Gasteiger partial charge in [0.05, 0.1) is 6.61 Å². The second-order valence-electron chi connectivity index (χ2n) is 4.95. The zero-order valence-corrected chi connectivity index (χ0v) is 14.5. The minimum atomic E-state index is 0.459. The highest BCUT2D eigenvalue weighted by Crippen LogP contribution is 2.21. The fraction of sp³-hybridized carbons (Fsp3) is 0.667. The topological polar surface area (TPSA) is 37.4 Å². The third kappa shape index (κ3) is 5.77. The number of hydrogen-bond donors (Lipinski definition) is 1. The number of nitrogens with one attached hydrogen (secondary N) is 1. The van der Waals surface area contributed by atoms with Gasteiger partial charge in [0.25, 0.3) is 0 Å². The van der Waals surface area contributed by atoms with Crippen molar-refractivity contribution in [3.05, 3.63) is 22.3 Å². The highest BCUT2D eigenvalue weighted by atomic mass is 79.9. The number of rotatable bonds is 9.